The average molecular weight is 536 g/mol. The minimum absolute atomic E-state index is 0.0651. The molecule has 2 rings (SSSR count). The number of aromatic amines is 1. The number of carbonyl (C=O) groups excluding carboxylic acids is 3. The number of carboxylic acids is 2. The molecule has 8 N–H and O–H groups in total. The summed E-state index contributed by atoms with van der Waals surface area (Å²) in [6.45, 7) is 1.31. The number of aliphatic carboxylic acids is 2. The summed E-state index contributed by atoms with van der Waals surface area (Å²) >= 11 is 1.45. The van der Waals surface area contributed by atoms with Gasteiger partial charge < -0.3 is 36.9 Å². The number of nitrogens with one attached hydrogen (secondary N) is 4. The highest BCUT2D eigenvalue weighted by Crippen LogP contribution is 2.19. The summed E-state index contributed by atoms with van der Waals surface area (Å²) in [5, 5.41) is 26.4. The molecule has 13 heteroatoms. The predicted octanol–water partition coefficient (Wildman–Crippen LogP) is 0.215. The Balaban J connectivity index is 2.26. The lowest BCUT2D eigenvalue weighted by atomic mass is 10.0. The van der Waals surface area contributed by atoms with E-state index in [-0.39, 0.29) is 25.7 Å². The van der Waals surface area contributed by atoms with Crippen LogP contribution in [0, 0.1) is 0 Å². The van der Waals surface area contributed by atoms with Crippen molar-refractivity contribution >= 4 is 52.3 Å². The molecule has 0 fully saturated rings. The largest absolute Gasteiger partial charge is 0.481 e. The summed E-state index contributed by atoms with van der Waals surface area (Å²) in [6, 6.07) is 2.93. The molecular weight excluding hydrogens is 502 g/mol. The number of hydrogen-bond donors (Lipinski definition) is 7. The van der Waals surface area contributed by atoms with Crippen LogP contribution in [0.4, 0.5) is 0 Å². The van der Waals surface area contributed by atoms with Gasteiger partial charge in [0.15, 0.2) is 0 Å². The highest BCUT2D eigenvalue weighted by molar-refractivity contribution is 7.98. The van der Waals surface area contributed by atoms with Crippen molar-refractivity contribution < 1.29 is 34.2 Å². The molecule has 1 aromatic heterocycles. The van der Waals surface area contributed by atoms with E-state index < -0.39 is 53.8 Å². The molecule has 12 nitrogen and oxygen atoms in total. The Kier molecular flexibility index (Phi) is 11.4. The van der Waals surface area contributed by atoms with Crippen molar-refractivity contribution in [3.63, 3.8) is 0 Å². The third-order valence-corrected chi connectivity index (χ3v) is 6.35. The number of nitrogens with two attached hydrogens (primary N) is 1. The van der Waals surface area contributed by atoms with Crippen LogP contribution in [-0.2, 0) is 30.4 Å². The highest BCUT2D eigenvalue weighted by Gasteiger charge is 2.30. The van der Waals surface area contributed by atoms with Crippen molar-refractivity contribution in [2.24, 2.45) is 5.73 Å². The first-order valence-electron chi connectivity index (χ1n) is 11.7. The Morgan fingerprint density at radius 3 is 2.27 bits per heavy atom. The Morgan fingerprint density at radius 2 is 1.62 bits per heavy atom. The fourth-order valence-electron chi connectivity index (χ4n) is 3.57. The van der Waals surface area contributed by atoms with Gasteiger partial charge in [-0.1, -0.05) is 18.2 Å². The van der Waals surface area contributed by atoms with Crippen LogP contribution in [0.1, 0.15) is 31.7 Å². The molecule has 4 unspecified atom stereocenters. The maximum Gasteiger partial charge on any atom is 0.325 e. The molecular formula is C24H33N5O7S. The van der Waals surface area contributed by atoms with Gasteiger partial charge in [-0.05, 0) is 43.4 Å². The summed E-state index contributed by atoms with van der Waals surface area (Å²) in [5.74, 6) is -3.83. The van der Waals surface area contributed by atoms with Gasteiger partial charge in [0.25, 0.3) is 0 Å². The molecule has 202 valence electrons. The van der Waals surface area contributed by atoms with Crippen LogP contribution >= 0.6 is 11.8 Å². The van der Waals surface area contributed by atoms with E-state index in [0.29, 0.717) is 5.75 Å². The molecule has 3 amide bonds. The maximum absolute atomic E-state index is 13.4. The fourth-order valence-corrected chi connectivity index (χ4v) is 4.04. The summed E-state index contributed by atoms with van der Waals surface area (Å²) in [4.78, 5) is 63.9. The second-order valence-corrected chi connectivity index (χ2v) is 9.56. The molecule has 0 saturated heterocycles. The number of carboxylic acid groups (broad SMARTS) is 2. The zero-order valence-electron chi connectivity index (χ0n) is 20.7. The normalized spacial score (nSPS) is 14.2. The van der Waals surface area contributed by atoms with E-state index in [1.807, 2.05) is 30.5 Å². The standard InChI is InChI=1S/C24H33N5O7S/c1-13(24(35)36)27-22(33)18(9-10-37-2)28-23(34)19(29-21(32)16(25)7-8-20(30)31)11-14-12-26-17-6-4-3-5-15(14)17/h3-6,12-13,16,18-19,26H,7-11,25H2,1-2H3,(H,27,33)(H,28,34)(H,29,32)(H,30,31)(H,35,36). The maximum atomic E-state index is 13.4. The van der Waals surface area contributed by atoms with Gasteiger partial charge in [-0.2, -0.15) is 11.8 Å². The molecule has 1 aromatic carbocycles. The lowest BCUT2D eigenvalue weighted by molar-refractivity contribution is -0.142. The lowest BCUT2D eigenvalue weighted by Gasteiger charge is -2.24. The Labute approximate surface area is 218 Å². The molecule has 0 aliphatic carbocycles. The number of carbonyl (C=O) groups is 5. The van der Waals surface area contributed by atoms with Crippen LogP contribution in [-0.4, -0.2) is 81.0 Å². The molecule has 1 heterocycles. The van der Waals surface area contributed by atoms with Gasteiger partial charge in [0.05, 0.1) is 6.04 Å². The smallest absolute Gasteiger partial charge is 0.325 e. The Hall–Kier alpha value is -3.58. The van der Waals surface area contributed by atoms with E-state index in [1.54, 1.807) is 6.20 Å². The van der Waals surface area contributed by atoms with Crippen molar-refractivity contribution in [3.05, 3.63) is 36.0 Å². The van der Waals surface area contributed by atoms with Crippen molar-refractivity contribution in [2.45, 2.75) is 56.8 Å². The molecule has 0 saturated carbocycles. The number of thioether (sulfide) groups is 1. The van der Waals surface area contributed by atoms with Gasteiger partial charge in [0.2, 0.25) is 17.7 Å². The SMILES string of the molecule is CSCCC(NC(=O)C(Cc1c[nH]c2ccccc12)NC(=O)C(N)CCC(=O)O)C(=O)NC(C)C(=O)O. The Bertz CT molecular complexity index is 1120. The number of hydrogen-bond acceptors (Lipinski definition) is 7. The van der Waals surface area contributed by atoms with Crippen LogP contribution in [0.2, 0.25) is 0 Å². The number of H-pyrrole nitrogens is 1. The topological polar surface area (TPSA) is 204 Å². The van der Waals surface area contributed by atoms with E-state index in [9.17, 15) is 24.0 Å². The number of aromatic nitrogens is 1. The van der Waals surface area contributed by atoms with Crippen molar-refractivity contribution in [3.8, 4) is 0 Å². The number of amides is 3. The molecule has 0 spiro atoms. The van der Waals surface area contributed by atoms with E-state index in [2.05, 4.69) is 20.9 Å². The second-order valence-electron chi connectivity index (χ2n) is 8.57. The predicted molar refractivity (Wildman–Crippen MR) is 139 cm³/mol. The molecule has 4 atom stereocenters. The van der Waals surface area contributed by atoms with Gasteiger partial charge in [-0.25, -0.2) is 0 Å². The summed E-state index contributed by atoms with van der Waals surface area (Å²) in [5.41, 5.74) is 7.41. The number of rotatable bonds is 15. The zero-order chi connectivity index (χ0) is 27.5. The minimum atomic E-state index is -1.22. The third-order valence-electron chi connectivity index (χ3n) is 5.71. The van der Waals surface area contributed by atoms with Gasteiger partial charge in [-0.3, -0.25) is 24.0 Å². The van der Waals surface area contributed by atoms with Crippen molar-refractivity contribution in [2.75, 3.05) is 12.0 Å². The van der Waals surface area contributed by atoms with Gasteiger partial charge in [0.1, 0.15) is 18.1 Å². The van der Waals surface area contributed by atoms with E-state index >= 15 is 0 Å². The quantitative estimate of drug-likeness (QED) is 0.166. The van der Waals surface area contributed by atoms with E-state index in [1.165, 1.54) is 18.7 Å². The van der Waals surface area contributed by atoms with E-state index in [0.717, 1.165) is 16.5 Å². The molecule has 0 aliphatic heterocycles. The van der Waals surface area contributed by atoms with Gasteiger partial charge in [0, 0.05) is 29.9 Å². The fraction of sp³-hybridized carbons (Fsp3) is 0.458. The van der Waals surface area contributed by atoms with E-state index in [4.69, 9.17) is 15.9 Å². The molecule has 2 aromatic rings. The Morgan fingerprint density at radius 1 is 0.973 bits per heavy atom. The van der Waals surface area contributed by atoms with Gasteiger partial charge in [-0.15, -0.1) is 0 Å². The summed E-state index contributed by atoms with van der Waals surface area (Å²) in [6.07, 6.45) is 3.41. The minimum Gasteiger partial charge on any atom is -0.481 e. The van der Waals surface area contributed by atoms with Crippen LogP contribution < -0.4 is 21.7 Å². The first-order valence-corrected chi connectivity index (χ1v) is 13.1. The first kappa shape index (κ1) is 29.6. The number of fused-ring (bicyclic) bond motifs is 1. The second kappa shape index (κ2) is 14.2. The van der Waals surface area contributed by atoms with Gasteiger partial charge >= 0.3 is 11.9 Å². The molecule has 0 radical (unpaired) electrons. The van der Waals surface area contributed by atoms with Crippen LogP contribution in [0.15, 0.2) is 30.5 Å². The molecule has 0 aliphatic rings. The number of benzene rings is 1. The lowest BCUT2D eigenvalue weighted by Crippen LogP contribution is -2.57. The van der Waals surface area contributed by atoms with Crippen molar-refractivity contribution in [1.82, 2.24) is 20.9 Å². The summed E-state index contributed by atoms with van der Waals surface area (Å²) < 4.78 is 0. The zero-order valence-corrected chi connectivity index (χ0v) is 21.5. The third kappa shape index (κ3) is 9.10. The van der Waals surface area contributed by atoms with Crippen LogP contribution in [0.5, 0.6) is 0 Å². The molecule has 37 heavy (non-hydrogen) atoms. The number of para-hydroxylation sites is 1. The van der Waals surface area contributed by atoms with Crippen LogP contribution in [0.3, 0.4) is 0 Å². The highest BCUT2D eigenvalue weighted by atomic mass is 32.2. The molecule has 0 bridgehead atoms. The summed E-state index contributed by atoms with van der Waals surface area (Å²) in [7, 11) is 0. The average Bonchev–Trinajstić information content (AvgIpc) is 3.26. The van der Waals surface area contributed by atoms with Crippen molar-refractivity contribution in [1.29, 1.82) is 0 Å². The first-order chi connectivity index (χ1) is 17.5. The van der Waals surface area contributed by atoms with Crippen LogP contribution in [0.25, 0.3) is 10.9 Å². The monoisotopic (exact) mass is 535 g/mol.